The van der Waals surface area contributed by atoms with Crippen LogP contribution in [0.2, 0.25) is 0 Å². The molecule has 4 heteroatoms. The van der Waals surface area contributed by atoms with Crippen molar-refractivity contribution in [2.45, 2.75) is 0 Å². The Morgan fingerprint density at radius 1 is 0.340 bits per heavy atom. The van der Waals surface area contributed by atoms with Crippen molar-refractivity contribution in [1.29, 1.82) is 0 Å². The first kappa shape index (κ1) is 30.6. The molecule has 10 aromatic rings. The standard InChI is InChI=1S/C49H32N2O2/c1-4-10-33(11-5-1)34-16-18-35(19-17-34)36-20-25-41(26-21-36)51(40-14-8-3-9-15-40)42-27-22-37(23-28-42)39-24-29-43-46(32-39)52-44-30-31-45-48(47(43)44)50-49(53-45)38-12-6-2-7-13-38/h1-32H. The quantitative estimate of drug-likeness (QED) is 0.168. The predicted molar refractivity (Wildman–Crippen MR) is 218 cm³/mol. The van der Waals surface area contributed by atoms with Crippen LogP contribution in [0.3, 0.4) is 0 Å². The second-order valence-electron chi connectivity index (χ2n) is 13.2. The van der Waals surface area contributed by atoms with Crippen molar-refractivity contribution in [2.75, 3.05) is 4.90 Å². The van der Waals surface area contributed by atoms with Gasteiger partial charge < -0.3 is 13.7 Å². The van der Waals surface area contributed by atoms with Gasteiger partial charge in [0, 0.05) is 28.0 Å². The fraction of sp³-hybridized carbons (Fsp3) is 0. The fourth-order valence-corrected chi connectivity index (χ4v) is 7.25. The Hall–Kier alpha value is -7.17. The van der Waals surface area contributed by atoms with Crippen molar-refractivity contribution in [3.63, 3.8) is 0 Å². The molecule has 0 aliphatic carbocycles. The van der Waals surface area contributed by atoms with Crippen LogP contribution in [0.1, 0.15) is 0 Å². The third-order valence-electron chi connectivity index (χ3n) is 9.94. The number of para-hydroxylation sites is 1. The lowest BCUT2D eigenvalue weighted by Gasteiger charge is -2.26. The van der Waals surface area contributed by atoms with Crippen LogP contribution in [0.25, 0.3) is 77.9 Å². The van der Waals surface area contributed by atoms with Crippen LogP contribution in [0.5, 0.6) is 0 Å². The molecule has 0 atom stereocenters. The highest BCUT2D eigenvalue weighted by atomic mass is 16.4. The van der Waals surface area contributed by atoms with E-state index in [0.717, 1.165) is 66.8 Å². The van der Waals surface area contributed by atoms with Gasteiger partial charge in [0.05, 0.1) is 5.39 Å². The summed E-state index contributed by atoms with van der Waals surface area (Å²) in [5, 5.41) is 1.99. The Morgan fingerprint density at radius 3 is 1.40 bits per heavy atom. The average Bonchev–Trinajstić information content (AvgIpc) is 3.84. The highest BCUT2D eigenvalue weighted by molar-refractivity contribution is 6.17. The number of anilines is 3. The Balaban J connectivity index is 0.956. The monoisotopic (exact) mass is 680 g/mol. The lowest BCUT2D eigenvalue weighted by atomic mass is 10.00. The normalized spacial score (nSPS) is 11.4. The molecule has 2 heterocycles. The maximum atomic E-state index is 6.39. The minimum absolute atomic E-state index is 0.605. The van der Waals surface area contributed by atoms with E-state index in [2.05, 4.69) is 150 Å². The third-order valence-corrected chi connectivity index (χ3v) is 9.94. The first-order chi connectivity index (χ1) is 26.2. The molecule has 0 amide bonds. The molecule has 0 bridgehead atoms. The van der Waals surface area contributed by atoms with E-state index in [4.69, 9.17) is 13.8 Å². The minimum atomic E-state index is 0.605. The number of nitrogens with zero attached hydrogens (tertiary/aromatic N) is 2. The van der Waals surface area contributed by atoms with Gasteiger partial charge in [-0.15, -0.1) is 0 Å². The Labute approximate surface area is 306 Å². The topological polar surface area (TPSA) is 42.4 Å². The average molecular weight is 681 g/mol. The van der Waals surface area contributed by atoms with Gasteiger partial charge in [0.15, 0.2) is 5.58 Å². The lowest BCUT2D eigenvalue weighted by molar-refractivity contribution is 0.619. The summed E-state index contributed by atoms with van der Waals surface area (Å²) in [6.45, 7) is 0. The smallest absolute Gasteiger partial charge is 0.227 e. The van der Waals surface area contributed by atoms with E-state index in [1.807, 2.05) is 48.5 Å². The maximum absolute atomic E-state index is 6.39. The van der Waals surface area contributed by atoms with Crippen molar-refractivity contribution in [2.24, 2.45) is 0 Å². The van der Waals surface area contributed by atoms with Gasteiger partial charge in [-0.2, -0.15) is 0 Å². The second kappa shape index (κ2) is 12.9. The Kier molecular flexibility index (Phi) is 7.43. The Bertz CT molecular complexity index is 2840. The number of rotatable bonds is 7. The summed E-state index contributed by atoms with van der Waals surface area (Å²) in [4.78, 5) is 7.19. The van der Waals surface area contributed by atoms with Crippen LogP contribution in [0.4, 0.5) is 17.1 Å². The summed E-state index contributed by atoms with van der Waals surface area (Å²) in [5.41, 5.74) is 14.4. The van der Waals surface area contributed by atoms with E-state index in [1.54, 1.807) is 0 Å². The summed E-state index contributed by atoms with van der Waals surface area (Å²) < 4.78 is 12.5. The van der Waals surface area contributed by atoms with Crippen molar-refractivity contribution >= 4 is 50.1 Å². The van der Waals surface area contributed by atoms with Gasteiger partial charge in [0.1, 0.15) is 16.7 Å². The molecule has 0 saturated heterocycles. The minimum Gasteiger partial charge on any atom is -0.456 e. The van der Waals surface area contributed by atoms with E-state index in [0.29, 0.717) is 5.89 Å². The van der Waals surface area contributed by atoms with Crippen molar-refractivity contribution in [3.05, 3.63) is 194 Å². The SMILES string of the molecule is c1ccc(-c2ccc(-c3ccc(N(c4ccccc4)c4ccc(-c5ccc6c(c5)oc5ccc7oc(-c8ccccc8)nc7c56)cc4)cc3)cc2)cc1. The number of fused-ring (bicyclic) bond motifs is 5. The number of hydrogen-bond acceptors (Lipinski definition) is 4. The van der Waals surface area contributed by atoms with E-state index in [9.17, 15) is 0 Å². The molecule has 2 aromatic heterocycles. The highest BCUT2D eigenvalue weighted by Gasteiger charge is 2.18. The fourth-order valence-electron chi connectivity index (χ4n) is 7.25. The molecule has 8 aromatic carbocycles. The number of aromatic nitrogens is 1. The van der Waals surface area contributed by atoms with Gasteiger partial charge in [0.25, 0.3) is 0 Å². The van der Waals surface area contributed by atoms with E-state index in [-0.39, 0.29) is 0 Å². The molecule has 0 unspecified atom stereocenters. The molecule has 4 nitrogen and oxygen atoms in total. The molecule has 0 aliphatic rings. The van der Waals surface area contributed by atoms with Crippen LogP contribution in [-0.4, -0.2) is 4.98 Å². The molecule has 53 heavy (non-hydrogen) atoms. The van der Waals surface area contributed by atoms with Gasteiger partial charge in [-0.3, -0.25) is 0 Å². The van der Waals surface area contributed by atoms with Gasteiger partial charge in [-0.05, 0) is 106 Å². The lowest BCUT2D eigenvalue weighted by Crippen LogP contribution is -2.09. The molecule has 0 aliphatic heterocycles. The van der Waals surface area contributed by atoms with Crippen LogP contribution >= 0.6 is 0 Å². The molecule has 0 radical (unpaired) electrons. The maximum Gasteiger partial charge on any atom is 0.227 e. The van der Waals surface area contributed by atoms with Crippen molar-refractivity contribution in [1.82, 2.24) is 4.98 Å². The molecule has 0 spiro atoms. The van der Waals surface area contributed by atoms with Gasteiger partial charge >= 0.3 is 0 Å². The summed E-state index contributed by atoms with van der Waals surface area (Å²) in [7, 11) is 0. The van der Waals surface area contributed by atoms with Crippen molar-refractivity contribution < 1.29 is 8.83 Å². The first-order valence-electron chi connectivity index (χ1n) is 17.8. The van der Waals surface area contributed by atoms with Gasteiger partial charge in [-0.1, -0.05) is 121 Å². The van der Waals surface area contributed by atoms with E-state index >= 15 is 0 Å². The zero-order valence-electron chi connectivity index (χ0n) is 28.7. The first-order valence-corrected chi connectivity index (χ1v) is 17.8. The van der Waals surface area contributed by atoms with Crippen LogP contribution in [0.15, 0.2) is 203 Å². The molecule has 0 N–H and O–H groups in total. The molecule has 0 saturated carbocycles. The molecular weight excluding hydrogens is 649 g/mol. The number of hydrogen-bond donors (Lipinski definition) is 0. The third kappa shape index (κ3) is 5.63. The summed E-state index contributed by atoms with van der Waals surface area (Å²) in [6.07, 6.45) is 0. The molecule has 0 fully saturated rings. The Morgan fingerprint density at radius 2 is 0.792 bits per heavy atom. The summed E-state index contributed by atoms with van der Waals surface area (Å²) in [5.74, 6) is 0.605. The largest absolute Gasteiger partial charge is 0.456 e. The van der Waals surface area contributed by atoms with Crippen LogP contribution in [-0.2, 0) is 0 Å². The number of furan rings is 1. The van der Waals surface area contributed by atoms with E-state index in [1.165, 1.54) is 22.3 Å². The number of oxazole rings is 1. The van der Waals surface area contributed by atoms with Gasteiger partial charge in [0.2, 0.25) is 5.89 Å². The van der Waals surface area contributed by atoms with Crippen LogP contribution < -0.4 is 4.90 Å². The zero-order chi connectivity index (χ0) is 35.1. The summed E-state index contributed by atoms with van der Waals surface area (Å²) in [6, 6.07) is 67.6. The van der Waals surface area contributed by atoms with Crippen LogP contribution in [0, 0.1) is 0 Å². The second-order valence-corrected chi connectivity index (χ2v) is 13.2. The van der Waals surface area contributed by atoms with E-state index < -0.39 is 0 Å². The summed E-state index contributed by atoms with van der Waals surface area (Å²) >= 11 is 0. The molecule has 250 valence electrons. The number of benzene rings is 8. The molecule has 10 rings (SSSR count). The highest BCUT2D eigenvalue weighted by Crippen LogP contribution is 2.40. The van der Waals surface area contributed by atoms with Gasteiger partial charge in [-0.25, -0.2) is 4.98 Å². The predicted octanol–water partition coefficient (Wildman–Crippen LogP) is 13.9. The van der Waals surface area contributed by atoms with Crippen molar-refractivity contribution in [3.8, 4) is 44.8 Å². The zero-order valence-corrected chi connectivity index (χ0v) is 28.7. The molecular formula is C49H32N2O2.